The molecule has 1 aromatic carbocycles. The van der Waals surface area contributed by atoms with Gasteiger partial charge in [-0.25, -0.2) is 0 Å². The largest absolute Gasteiger partial charge is 0.508 e. The molecule has 0 aliphatic heterocycles. The molecule has 0 bridgehead atoms. The average molecular weight is 263 g/mol. The number of aromatic hydroxyl groups is 1. The molecule has 19 heavy (non-hydrogen) atoms. The maximum atomic E-state index is 12.3. The summed E-state index contributed by atoms with van der Waals surface area (Å²) in [5, 5.41) is 20.6. The summed E-state index contributed by atoms with van der Waals surface area (Å²) in [7, 11) is 0. The van der Waals surface area contributed by atoms with Gasteiger partial charge >= 0.3 is 0 Å². The van der Waals surface area contributed by atoms with Crippen molar-refractivity contribution in [3.05, 3.63) is 29.8 Å². The number of nitrogens with two attached hydrogens (primary N) is 1. The third-order valence-electron chi connectivity index (χ3n) is 3.10. The van der Waals surface area contributed by atoms with Crippen LogP contribution in [0.15, 0.2) is 29.4 Å². The van der Waals surface area contributed by atoms with Gasteiger partial charge in [-0.2, -0.15) is 0 Å². The second kappa shape index (κ2) is 5.60. The topological polar surface area (TPSA) is 99.2 Å². The molecule has 102 valence electrons. The highest BCUT2D eigenvalue weighted by Gasteiger charge is 2.32. The van der Waals surface area contributed by atoms with Crippen LogP contribution in [-0.2, 0) is 0 Å². The highest BCUT2D eigenvalue weighted by Crippen LogP contribution is 2.28. The molecule has 6 heteroatoms. The third-order valence-corrected chi connectivity index (χ3v) is 3.10. The lowest BCUT2D eigenvalue weighted by Crippen LogP contribution is -2.35. The van der Waals surface area contributed by atoms with E-state index in [1.807, 2.05) is 0 Å². The molecule has 1 fully saturated rings. The Kier molecular flexibility index (Phi) is 3.89. The number of benzene rings is 1. The summed E-state index contributed by atoms with van der Waals surface area (Å²) in [6, 6.07) is 6.41. The summed E-state index contributed by atoms with van der Waals surface area (Å²) in [6.07, 6.45) is 2.32. The van der Waals surface area contributed by atoms with Crippen LogP contribution in [0.2, 0.25) is 0 Å². The molecule has 1 aromatic rings. The number of phenolic OH excluding ortho intramolecular Hbond substituents is 1. The zero-order valence-electron chi connectivity index (χ0n) is 10.5. The smallest absolute Gasteiger partial charge is 0.254 e. The Morgan fingerprint density at radius 1 is 1.37 bits per heavy atom. The van der Waals surface area contributed by atoms with E-state index in [4.69, 9.17) is 10.9 Å². The molecule has 6 nitrogen and oxygen atoms in total. The Morgan fingerprint density at radius 3 is 2.53 bits per heavy atom. The van der Waals surface area contributed by atoms with Crippen molar-refractivity contribution in [1.82, 2.24) is 4.90 Å². The third kappa shape index (κ3) is 3.37. The minimum Gasteiger partial charge on any atom is -0.508 e. The molecule has 0 aromatic heterocycles. The molecule has 0 atom stereocenters. The molecule has 0 unspecified atom stereocenters. The van der Waals surface area contributed by atoms with Crippen molar-refractivity contribution in [2.45, 2.75) is 25.3 Å². The van der Waals surface area contributed by atoms with Crippen LogP contribution in [0.5, 0.6) is 5.75 Å². The summed E-state index contributed by atoms with van der Waals surface area (Å²) in [5.74, 6) is 0.156. The van der Waals surface area contributed by atoms with Gasteiger partial charge in [0.25, 0.3) is 5.91 Å². The zero-order chi connectivity index (χ0) is 13.8. The Bertz CT molecular complexity index is 480. The predicted octanol–water partition coefficient (Wildman–Crippen LogP) is 1.13. The van der Waals surface area contributed by atoms with E-state index in [2.05, 4.69) is 5.16 Å². The first kappa shape index (κ1) is 13.2. The lowest BCUT2D eigenvalue weighted by Gasteiger charge is -2.22. The number of hydrogen-bond acceptors (Lipinski definition) is 4. The Hall–Kier alpha value is -2.24. The van der Waals surface area contributed by atoms with Gasteiger partial charge in [-0.05, 0) is 37.1 Å². The number of amides is 1. The van der Waals surface area contributed by atoms with Crippen molar-refractivity contribution in [1.29, 1.82) is 0 Å². The highest BCUT2D eigenvalue weighted by atomic mass is 16.4. The first-order valence-electron chi connectivity index (χ1n) is 6.18. The summed E-state index contributed by atoms with van der Waals surface area (Å²) in [5.41, 5.74) is 5.96. The van der Waals surface area contributed by atoms with Gasteiger partial charge in [-0.15, -0.1) is 0 Å². The van der Waals surface area contributed by atoms with Crippen molar-refractivity contribution < 1.29 is 15.1 Å². The number of oxime groups is 1. The molecule has 1 saturated carbocycles. The molecule has 0 heterocycles. The highest BCUT2D eigenvalue weighted by molar-refractivity contribution is 5.95. The van der Waals surface area contributed by atoms with Crippen LogP contribution in [0.3, 0.4) is 0 Å². The van der Waals surface area contributed by atoms with Gasteiger partial charge < -0.3 is 20.9 Å². The summed E-state index contributed by atoms with van der Waals surface area (Å²) in [6.45, 7) is 0.431. The van der Waals surface area contributed by atoms with Crippen LogP contribution in [0, 0.1) is 0 Å². The fourth-order valence-corrected chi connectivity index (χ4v) is 1.89. The van der Waals surface area contributed by atoms with E-state index in [0.29, 0.717) is 18.5 Å². The molecule has 0 spiro atoms. The Labute approximate surface area is 111 Å². The van der Waals surface area contributed by atoms with E-state index in [0.717, 1.165) is 12.8 Å². The standard InChI is InChI=1S/C13H17N3O3/c14-12(15-19)7-8-16(10-3-4-10)13(18)9-1-5-11(17)6-2-9/h1-2,5-6,10,17,19H,3-4,7-8H2,(H2,14,15). The van der Waals surface area contributed by atoms with Crippen LogP contribution >= 0.6 is 0 Å². The quantitative estimate of drug-likeness (QED) is 0.321. The fraction of sp³-hybridized carbons (Fsp3) is 0.385. The first-order valence-corrected chi connectivity index (χ1v) is 6.18. The first-order chi connectivity index (χ1) is 9.11. The molecule has 0 radical (unpaired) electrons. The maximum Gasteiger partial charge on any atom is 0.254 e. The minimum atomic E-state index is -0.0896. The van der Waals surface area contributed by atoms with Crippen LogP contribution in [0.4, 0.5) is 0 Å². The molecule has 2 rings (SSSR count). The molecular formula is C13H17N3O3. The van der Waals surface area contributed by atoms with E-state index >= 15 is 0 Å². The van der Waals surface area contributed by atoms with Crippen molar-refractivity contribution in [3.8, 4) is 5.75 Å². The van der Waals surface area contributed by atoms with Crippen LogP contribution in [-0.4, -0.2) is 39.5 Å². The molecule has 1 aliphatic carbocycles. The normalized spacial score (nSPS) is 15.3. The second-order valence-electron chi connectivity index (χ2n) is 4.62. The monoisotopic (exact) mass is 263 g/mol. The van der Waals surface area contributed by atoms with Gasteiger partial charge in [0.05, 0.1) is 0 Å². The van der Waals surface area contributed by atoms with Crippen molar-refractivity contribution >= 4 is 11.7 Å². The van der Waals surface area contributed by atoms with Gasteiger partial charge in [0, 0.05) is 24.6 Å². The maximum absolute atomic E-state index is 12.3. The molecule has 0 saturated heterocycles. The summed E-state index contributed by atoms with van der Waals surface area (Å²) in [4.78, 5) is 14.1. The van der Waals surface area contributed by atoms with Gasteiger partial charge in [0.15, 0.2) is 0 Å². The second-order valence-corrected chi connectivity index (χ2v) is 4.62. The zero-order valence-corrected chi connectivity index (χ0v) is 10.5. The fourth-order valence-electron chi connectivity index (χ4n) is 1.89. The van der Waals surface area contributed by atoms with Crippen LogP contribution < -0.4 is 5.73 Å². The van der Waals surface area contributed by atoms with Crippen molar-refractivity contribution in [2.24, 2.45) is 10.9 Å². The molecule has 4 N–H and O–H groups in total. The summed E-state index contributed by atoms with van der Waals surface area (Å²) < 4.78 is 0. The Balaban J connectivity index is 2.06. The molecule has 1 amide bonds. The van der Waals surface area contributed by atoms with E-state index in [9.17, 15) is 9.90 Å². The van der Waals surface area contributed by atoms with Crippen molar-refractivity contribution in [2.75, 3.05) is 6.54 Å². The number of rotatable bonds is 5. The van der Waals surface area contributed by atoms with Crippen LogP contribution in [0.1, 0.15) is 29.6 Å². The lowest BCUT2D eigenvalue weighted by atomic mass is 10.2. The average Bonchev–Trinajstić information content (AvgIpc) is 3.24. The van der Waals surface area contributed by atoms with Gasteiger partial charge in [-0.3, -0.25) is 4.79 Å². The molecule has 1 aliphatic rings. The Morgan fingerprint density at radius 2 is 2.00 bits per heavy atom. The lowest BCUT2D eigenvalue weighted by molar-refractivity contribution is 0.0747. The number of phenols is 1. The molecular weight excluding hydrogens is 246 g/mol. The van der Waals surface area contributed by atoms with E-state index in [-0.39, 0.29) is 23.5 Å². The van der Waals surface area contributed by atoms with Gasteiger partial charge in [0.2, 0.25) is 0 Å². The van der Waals surface area contributed by atoms with E-state index < -0.39 is 0 Å². The number of carbonyl (C=O) groups is 1. The predicted molar refractivity (Wildman–Crippen MR) is 70.2 cm³/mol. The number of carbonyl (C=O) groups excluding carboxylic acids is 1. The van der Waals surface area contributed by atoms with E-state index in [1.165, 1.54) is 12.1 Å². The van der Waals surface area contributed by atoms with Gasteiger partial charge in [-0.1, -0.05) is 5.16 Å². The van der Waals surface area contributed by atoms with Crippen LogP contribution in [0.25, 0.3) is 0 Å². The van der Waals surface area contributed by atoms with E-state index in [1.54, 1.807) is 17.0 Å². The van der Waals surface area contributed by atoms with Gasteiger partial charge in [0.1, 0.15) is 11.6 Å². The minimum absolute atomic E-state index is 0.0896. The number of hydrogen-bond donors (Lipinski definition) is 3. The SMILES string of the molecule is NC(CCN(C(=O)c1ccc(O)cc1)C1CC1)=NO. The van der Waals surface area contributed by atoms with Crippen molar-refractivity contribution in [3.63, 3.8) is 0 Å². The number of nitrogens with zero attached hydrogens (tertiary/aromatic N) is 2. The summed E-state index contributed by atoms with van der Waals surface area (Å²) >= 11 is 0. The number of amidine groups is 1.